The smallest absolute Gasteiger partial charge is 0.141 e. The first kappa shape index (κ1) is 12.3. The van der Waals surface area contributed by atoms with Crippen LogP contribution in [0.3, 0.4) is 0 Å². The van der Waals surface area contributed by atoms with Crippen LogP contribution in [0.4, 0.5) is 0 Å². The van der Waals surface area contributed by atoms with Gasteiger partial charge in [-0.05, 0) is 0 Å². The summed E-state index contributed by atoms with van der Waals surface area (Å²) in [7, 11) is 4.81. The molecule has 0 amide bonds. The molecule has 16 heavy (non-hydrogen) atoms. The SMILES string of the molecule is CCC#Cc1c(OC)cc(OC)cc1OC. The maximum absolute atomic E-state index is 5.26. The van der Waals surface area contributed by atoms with E-state index in [2.05, 4.69) is 11.8 Å². The van der Waals surface area contributed by atoms with Crippen molar-refractivity contribution in [3.8, 4) is 29.1 Å². The normalized spacial score (nSPS) is 9.00. The summed E-state index contributed by atoms with van der Waals surface area (Å²) in [5.74, 6) is 8.05. The zero-order valence-corrected chi connectivity index (χ0v) is 10.1. The van der Waals surface area contributed by atoms with Gasteiger partial charge in [0.25, 0.3) is 0 Å². The van der Waals surface area contributed by atoms with E-state index >= 15 is 0 Å². The largest absolute Gasteiger partial charge is 0.496 e. The summed E-state index contributed by atoms with van der Waals surface area (Å²) in [5, 5.41) is 0. The average Bonchev–Trinajstić information content (AvgIpc) is 2.35. The minimum atomic E-state index is 0.664. The van der Waals surface area contributed by atoms with Gasteiger partial charge in [-0.25, -0.2) is 0 Å². The van der Waals surface area contributed by atoms with E-state index in [-0.39, 0.29) is 0 Å². The van der Waals surface area contributed by atoms with Crippen molar-refractivity contribution in [3.63, 3.8) is 0 Å². The lowest BCUT2D eigenvalue weighted by molar-refractivity contribution is 0.374. The molecule has 0 aliphatic heterocycles. The van der Waals surface area contributed by atoms with Crippen LogP contribution in [0, 0.1) is 11.8 Å². The maximum Gasteiger partial charge on any atom is 0.141 e. The van der Waals surface area contributed by atoms with Gasteiger partial charge >= 0.3 is 0 Å². The zero-order chi connectivity index (χ0) is 12.0. The van der Waals surface area contributed by atoms with Crippen molar-refractivity contribution in [1.29, 1.82) is 0 Å². The molecule has 0 bridgehead atoms. The highest BCUT2D eigenvalue weighted by Crippen LogP contribution is 2.33. The van der Waals surface area contributed by atoms with Gasteiger partial charge in [0.1, 0.15) is 22.8 Å². The Bertz CT molecular complexity index is 388. The molecule has 0 aliphatic carbocycles. The number of ether oxygens (including phenoxy) is 3. The molecule has 1 rings (SSSR count). The first-order valence-corrected chi connectivity index (χ1v) is 5.05. The molecule has 3 heteroatoms. The van der Waals surface area contributed by atoms with Gasteiger partial charge in [0.15, 0.2) is 0 Å². The third-order valence-electron chi connectivity index (χ3n) is 2.11. The van der Waals surface area contributed by atoms with E-state index in [4.69, 9.17) is 14.2 Å². The fourth-order valence-corrected chi connectivity index (χ4v) is 1.31. The fourth-order valence-electron chi connectivity index (χ4n) is 1.31. The van der Waals surface area contributed by atoms with Crippen LogP contribution in [-0.2, 0) is 0 Å². The van der Waals surface area contributed by atoms with Crippen LogP contribution in [-0.4, -0.2) is 21.3 Å². The van der Waals surface area contributed by atoms with Gasteiger partial charge in [-0.2, -0.15) is 0 Å². The Balaban J connectivity index is 3.31. The Labute approximate surface area is 96.3 Å². The molecule has 0 saturated heterocycles. The van der Waals surface area contributed by atoms with E-state index in [0.29, 0.717) is 17.2 Å². The van der Waals surface area contributed by atoms with Crippen LogP contribution in [0.25, 0.3) is 0 Å². The summed E-state index contributed by atoms with van der Waals surface area (Å²) in [6.07, 6.45) is 0.790. The Kier molecular flexibility index (Phi) is 4.53. The second-order valence-corrected chi connectivity index (χ2v) is 3.06. The molecule has 0 atom stereocenters. The fraction of sp³-hybridized carbons (Fsp3) is 0.385. The van der Waals surface area contributed by atoms with Crippen LogP contribution < -0.4 is 14.2 Å². The molecule has 3 nitrogen and oxygen atoms in total. The highest BCUT2D eigenvalue weighted by Gasteiger charge is 2.10. The molecule has 0 aliphatic rings. The van der Waals surface area contributed by atoms with Gasteiger partial charge < -0.3 is 14.2 Å². The highest BCUT2D eigenvalue weighted by molar-refractivity contribution is 5.58. The lowest BCUT2D eigenvalue weighted by Gasteiger charge is -2.11. The summed E-state index contributed by atoms with van der Waals surface area (Å²) < 4.78 is 15.7. The molecule has 0 fully saturated rings. The second-order valence-electron chi connectivity index (χ2n) is 3.06. The first-order valence-electron chi connectivity index (χ1n) is 5.05. The van der Waals surface area contributed by atoms with E-state index < -0.39 is 0 Å². The lowest BCUT2D eigenvalue weighted by Crippen LogP contribution is -1.95. The summed E-state index contributed by atoms with van der Waals surface area (Å²) in [6, 6.07) is 3.59. The van der Waals surface area contributed by atoms with Gasteiger partial charge in [-0.15, -0.1) is 0 Å². The van der Waals surface area contributed by atoms with E-state index in [9.17, 15) is 0 Å². The minimum Gasteiger partial charge on any atom is -0.496 e. The van der Waals surface area contributed by atoms with Crippen LogP contribution >= 0.6 is 0 Å². The maximum atomic E-state index is 5.26. The monoisotopic (exact) mass is 220 g/mol. The molecule has 0 radical (unpaired) electrons. The number of hydrogen-bond acceptors (Lipinski definition) is 3. The molecule has 86 valence electrons. The molecule has 1 aromatic rings. The van der Waals surface area contributed by atoms with Crippen molar-refractivity contribution >= 4 is 0 Å². The quantitative estimate of drug-likeness (QED) is 0.732. The Morgan fingerprint density at radius 1 is 1.00 bits per heavy atom. The number of rotatable bonds is 3. The molecule has 0 unspecified atom stereocenters. The predicted octanol–water partition coefficient (Wildman–Crippen LogP) is 2.47. The van der Waals surface area contributed by atoms with E-state index in [1.807, 2.05) is 6.92 Å². The highest BCUT2D eigenvalue weighted by atomic mass is 16.5. The summed E-state index contributed by atoms with van der Waals surface area (Å²) in [4.78, 5) is 0. The van der Waals surface area contributed by atoms with Gasteiger partial charge in [-0.3, -0.25) is 0 Å². The number of methoxy groups -OCH3 is 3. The average molecular weight is 220 g/mol. The minimum absolute atomic E-state index is 0.664. The third-order valence-corrected chi connectivity index (χ3v) is 2.11. The molecular weight excluding hydrogens is 204 g/mol. The standard InChI is InChI=1S/C13H16O3/c1-5-6-7-11-12(15-3)8-10(14-2)9-13(11)16-4/h8-9H,5H2,1-4H3. The van der Waals surface area contributed by atoms with Crippen molar-refractivity contribution in [2.24, 2.45) is 0 Å². The predicted molar refractivity (Wildman–Crippen MR) is 63.3 cm³/mol. The van der Waals surface area contributed by atoms with Crippen LogP contribution in [0.2, 0.25) is 0 Å². The number of benzene rings is 1. The molecule has 0 heterocycles. The van der Waals surface area contributed by atoms with Crippen molar-refractivity contribution in [2.45, 2.75) is 13.3 Å². The van der Waals surface area contributed by atoms with Crippen molar-refractivity contribution in [3.05, 3.63) is 17.7 Å². The van der Waals surface area contributed by atoms with Crippen molar-refractivity contribution in [2.75, 3.05) is 21.3 Å². The lowest BCUT2D eigenvalue weighted by atomic mass is 10.1. The first-order chi connectivity index (χ1) is 7.76. The van der Waals surface area contributed by atoms with Gasteiger partial charge in [0.2, 0.25) is 0 Å². The topological polar surface area (TPSA) is 27.7 Å². The Hall–Kier alpha value is -1.82. The third kappa shape index (κ3) is 2.60. The van der Waals surface area contributed by atoms with Crippen LogP contribution in [0.5, 0.6) is 17.2 Å². The van der Waals surface area contributed by atoms with Gasteiger partial charge in [0, 0.05) is 18.6 Å². The molecule has 0 aromatic heterocycles. The van der Waals surface area contributed by atoms with E-state index in [1.54, 1.807) is 33.5 Å². The van der Waals surface area contributed by atoms with Crippen LogP contribution in [0.1, 0.15) is 18.9 Å². The summed E-state index contributed by atoms with van der Waals surface area (Å²) >= 11 is 0. The van der Waals surface area contributed by atoms with Gasteiger partial charge in [0.05, 0.1) is 21.3 Å². The van der Waals surface area contributed by atoms with Crippen molar-refractivity contribution in [1.82, 2.24) is 0 Å². The number of hydrogen-bond donors (Lipinski definition) is 0. The Morgan fingerprint density at radius 3 is 1.94 bits per heavy atom. The van der Waals surface area contributed by atoms with E-state index in [1.165, 1.54) is 0 Å². The van der Waals surface area contributed by atoms with Gasteiger partial charge in [-0.1, -0.05) is 18.8 Å². The zero-order valence-electron chi connectivity index (χ0n) is 10.1. The molecule has 0 N–H and O–H groups in total. The van der Waals surface area contributed by atoms with E-state index in [0.717, 1.165) is 12.0 Å². The molecule has 1 aromatic carbocycles. The Morgan fingerprint density at radius 2 is 1.56 bits per heavy atom. The molecule has 0 saturated carbocycles. The van der Waals surface area contributed by atoms with Crippen molar-refractivity contribution < 1.29 is 14.2 Å². The van der Waals surface area contributed by atoms with Crippen LogP contribution in [0.15, 0.2) is 12.1 Å². The summed E-state index contributed by atoms with van der Waals surface area (Å²) in [6.45, 7) is 2.00. The second kappa shape index (κ2) is 5.92. The molecule has 0 spiro atoms. The molecular formula is C13H16O3. The summed E-state index contributed by atoms with van der Waals surface area (Å²) in [5.41, 5.74) is 0.757.